The summed E-state index contributed by atoms with van der Waals surface area (Å²) in [5, 5.41) is 3.16. The van der Waals surface area contributed by atoms with Crippen LogP contribution in [0.3, 0.4) is 0 Å². The van der Waals surface area contributed by atoms with Crippen molar-refractivity contribution in [3.05, 3.63) is 29.3 Å². The minimum atomic E-state index is 0.00922. The van der Waals surface area contributed by atoms with Gasteiger partial charge < -0.3 is 11.1 Å². The van der Waals surface area contributed by atoms with E-state index in [2.05, 4.69) is 12.2 Å². The molecule has 1 aromatic carbocycles. The number of benzene rings is 1. The first kappa shape index (κ1) is 13.9. The maximum Gasteiger partial charge on any atom is 0.251 e. The molecule has 3 heteroatoms. The van der Waals surface area contributed by atoms with Gasteiger partial charge in [-0.2, -0.15) is 0 Å². The molecule has 1 aromatic rings. The second-order valence-corrected chi connectivity index (χ2v) is 5.92. The van der Waals surface area contributed by atoms with Crippen LogP contribution in [0.15, 0.2) is 18.2 Å². The number of rotatable bonds is 2. The lowest BCUT2D eigenvalue weighted by molar-refractivity contribution is 0.0933. The Bertz CT molecular complexity index is 436. The highest BCUT2D eigenvalue weighted by Gasteiger charge is 2.18. The summed E-state index contributed by atoms with van der Waals surface area (Å²) in [6.45, 7) is 4.26. The van der Waals surface area contributed by atoms with Crippen LogP contribution in [0.25, 0.3) is 0 Å². The summed E-state index contributed by atoms with van der Waals surface area (Å²) in [4.78, 5) is 12.2. The van der Waals surface area contributed by atoms with Crippen molar-refractivity contribution in [1.29, 1.82) is 0 Å². The maximum atomic E-state index is 12.2. The van der Waals surface area contributed by atoms with Gasteiger partial charge in [0, 0.05) is 17.3 Å². The lowest BCUT2D eigenvalue weighted by Crippen LogP contribution is -2.34. The fourth-order valence-corrected chi connectivity index (χ4v) is 2.84. The first-order chi connectivity index (χ1) is 9.04. The maximum absolute atomic E-state index is 12.2. The molecular weight excluding hydrogens is 236 g/mol. The van der Waals surface area contributed by atoms with Gasteiger partial charge in [0.2, 0.25) is 0 Å². The third-order valence-electron chi connectivity index (χ3n) is 3.95. The Morgan fingerprint density at radius 1 is 1.21 bits per heavy atom. The van der Waals surface area contributed by atoms with Gasteiger partial charge in [-0.05, 0) is 55.9 Å². The van der Waals surface area contributed by atoms with Crippen LogP contribution in [0.4, 0.5) is 5.69 Å². The number of amides is 1. The highest BCUT2D eigenvalue weighted by atomic mass is 16.1. The van der Waals surface area contributed by atoms with Crippen LogP contribution < -0.4 is 11.1 Å². The quantitative estimate of drug-likeness (QED) is 0.633. The molecule has 3 N–H and O–H groups in total. The van der Waals surface area contributed by atoms with Crippen LogP contribution in [0.2, 0.25) is 0 Å². The van der Waals surface area contributed by atoms with E-state index in [-0.39, 0.29) is 5.91 Å². The fourth-order valence-electron chi connectivity index (χ4n) is 2.84. The van der Waals surface area contributed by atoms with Gasteiger partial charge in [0.05, 0.1) is 0 Å². The van der Waals surface area contributed by atoms with Gasteiger partial charge in [0.25, 0.3) is 5.91 Å². The van der Waals surface area contributed by atoms with Gasteiger partial charge in [0.1, 0.15) is 0 Å². The van der Waals surface area contributed by atoms with Crippen molar-refractivity contribution in [3.8, 4) is 0 Å². The van der Waals surface area contributed by atoms with Gasteiger partial charge in [-0.1, -0.05) is 19.8 Å². The zero-order valence-electron chi connectivity index (χ0n) is 11.9. The number of nitrogens with two attached hydrogens (primary N) is 1. The van der Waals surface area contributed by atoms with Crippen LogP contribution in [0.5, 0.6) is 0 Å². The van der Waals surface area contributed by atoms with E-state index in [1.165, 1.54) is 19.3 Å². The molecule has 104 valence electrons. The highest BCUT2D eigenvalue weighted by molar-refractivity contribution is 5.95. The standard InChI is InChI=1S/C16H24N2O/c1-11-4-3-5-15(7-6-11)18-16(19)13-8-12(2)9-14(17)10-13/h8-11,15H,3-7,17H2,1-2H3,(H,18,19). The normalized spacial score (nSPS) is 23.7. The Hall–Kier alpha value is -1.51. The van der Waals surface area contributed by atoms with Crippen molar-refractivity contribution in [2.45, 2.75) is 52.0 Å². The first-order valence-electron chi connectivity index (χ1n) is 7.22. The van der Waals surface area contributed by atoms with Gasteiger partial charge in [-0.15, -0.1) is 0 Å². The van der Waals surface area contributed by atoms with Crippen molar-refractivity contribution in [1.82, 2.24) is 5.32 Å². The highest BCUT2D eigenvalue weighted by Crippen LogP contribution is 2.23. The molecule has 1 aliphatic rings. The lowest BCUT2D eigenvalue weighted by Gasteiger charge is -2.16. The smallest absolute Gasteiger partial charge is 0.251 e. The Balaban J connectivity index is 2.00. The Morgan fingerprint density at radius 2 is 2.00 bits per heavy atom. The second-order valence-electron chi connectivity index (χ2n) is 5.92. The van der Waals surface area contributed by atoms with Crippen molar-refractivity contribution in [2.24, 2.45) is 5.92 Å². The van der Waals surface area contributed by atoms with Gasteiger partial charge in [0.15, 0.2) is 0 Å². The number of anilines is 1. The molecule has 0 heterocycles. The molecule has 3 nitrogen and oxygen atoms in total. The molecule has 2 rings (SSSR count). The van der Waals surface area contributed by atoms with E-state index in [1.807, 2.05) is 19.1 Å². The monoisotopic (exact) mass is 260 g/mol. The molecule has 19 heavy (non-hydrogen) atoms. The Morgan fingerprint density at radius 3 is 2.74 bits per heavy atom. The third kappa shape index (κ3) is 3.98. The molecule has 0 radical (unpaired) electrons. The average molecular weight is 260 g/mol. The summed E-state index contributed by atoms with van der Waals surface area (Å²) in [6.07, 6.45) is 5.89. The van der Waals surface area contributed by atoms with Gasteiger partial charge in [-0.3, -0.25) is 4.79 Å². The summed E-state index contributed by atoms with van der Waals surface area (Å²) >= 11 is 0. The second kappa shape index (κ2) is 6.09. The van der Waals surface area contributed by atoms with Gasteiger partial charge in [-0.25, -0.2) is 0 Å². The molecule has 0 bridgehead atoms. The van der Waals surface area contributed by atoms with E-state index in [9.17, 15) is 4.79 Å². The van der Waals surface area contributed by atoms with Crippen molar-refractivity contribution in [3.63, 3.8) is 0 Å². The van der Waals surface area contributed by atoms with Gasteiger partial charge >= 0.3 is 0 Å². The minimum Gasteiger partial charge on any atom is -0.399 e. The van der Waals surface area contributed by atoms with E-state index >= 15 is 0 Å². The summed E-state index contributed by atoms with van der Waals surface area (Å²) < 4.78 is 0. The molecule has 0 aromatic heterocycles. The molecule has 1 saturated carbocycles. The zero-order chi connectivity index (χ0) is 13.8. The average Bonchev–Trinajstić information content (AvgIpc) is 2.53. The van der Waals surface area contributed by atoms with Crippen LogP contribution in [0.1, 0.15) is 54.9 Å². The summed E-state index contributed by atoms with van der Waals surface area (Å²) in [5.41, 5.74) is 8.15. The summed E-state index contributed by atoms with van der Waals surface area (Å²) in [5.74, 6) is 0.798. The first-order valence-corrected chi connectivity index (χ1v) is 7.22. The number of nitrogens with one attached hydrogen (secondary N) is 1. The minimum absolute atomic E-state index is 0.00922. The fraction of sp³-hybridized carbons (Fsp3) is 0.562. The molecule has 2 unspecified atom stereocenters. The topological polar surface area (TPSA) is 55.1 Å². The number of hydrogen-bond donors (Lipinski definition) is 2. The molecular formula is C16H24N2O. The third-order valence-corrected chi connectivity index (χ3v) is 3.95. The van der Waals surface area contributed by atoms with Crippen LogP contribution in [0, 0.1) is 12.8 Å². The number of carbonyl (C=O) groups excluding carboxylic acids is 1. The van der Waals surface area contributed by atoms with Crippen molar-refractivity contribution < 1.29 is 4.79 Å². The predicted octanol–water partition coefficient (Wildman–Crippen LogP) is 3.28. The number of nitrogen functional groups attached to an aromatic ring is 1. The summed E-state index contributed by atoms with van der Waals surface area (Å²) in [7, 11) is 0. The van der Waals surface area contributed by atoms with Crippen LogP contribution in [-0.4, -0.2) is 11.9 Å². The molecule has 0 aliphatic heterocycles. The number of aryl methyl sites for hydroxylation is 1. The molecule has 0 saturated heterocycles. The van der Waals surface area contributed by atoms with E-state index in [1.54, 1.807) is 6.07 Å². The predicted molar refractivity (Wildman–Crippen MR) is 79.1 cm³/mol. The van der Waals surface area contributed by atoms with Crippen LogP contribution >= 0.6 is 0 Å². The lowest BCUT2D eigenvalue weighted by atomic mass is 10.0. The van der Waals surface area contributed by atoms with E-state index in [0.717, 1.165) is 24.3 Å². The number of carbonyl (C=O) groups is 1. The van der Waals surface area contributed by atoms with E-state index in [4.69, 9.17) is 5.73 Å². The van der Waals surface area contributed by atoms with Crippen LogP contribution in [-0.2, 0) is 0 Å². The summed E-state index contributed by atoms with van der Waals surface area (Å²) in [6, 6.07) is 5.84. The van der Waals surface area contributed by atoms with E-state index in [0.29, 0.717) is 17.3 Å². The zero-order valence-corrected chi connectivity index (χ0v) is 11.9. The van der Waals surface area contributed by atoms with Crippen molar-refractivity contribution in [2.75, 3.05) is 5.73 Å². The Kier molecular flexibility index (Phi) is 4.46. The SMILES string of the molecule is Cc1cc(N)cc(C(=O)NC2CCCC(C)CC2)c1. The largest absolute Gasteiger partial charge is 0.399 e. The molecule has 1 amide bonds. The molecule has 1 fully saturated rings. The molecule has 2 atom stereocenters. The van der Waals surface area contributed by atoms with E-state index < -0.39 is 0 Å². The molecule has 1 aliphatic carbocycles. The molecule has 0 spiro atoms. The number of hydrogen-bond acceptors (Lipinski definition) is 2. The van der Waals surface area contributed by atoms with Crippen molar-refractivity contribution >= 4 is 11.6 Å². The Labute approximate surface area is 115 Å².